The van der Waals surface area contributed by atoms with Gasteiger partial charge in [-0.2, -0.15) is 0 Å². The molecule has 13 nitrogen and oxygen atoms in total. The van der Waals surface area contributed by atoms with Crippen molar-refractivity contribution in [1.82, 2.24) is 4.90 Å². The molecule has 1 aromatic heterocycles. The standard InChI is InChI=1S/C29H32N4O9/c1-32(2)17-10-15(18-7-6-13(42-18)11-31-41-5)23(34)20-14(17)8-12-9-16-22(33(3)4)25(36)21(28(30)39)27(38)29(16,40)26(37)19(12)24(20)35/h6-7,10-12,16,19,21-22,34,40H,8-9H2,1-5H3,(H2,30,39)/b31-11-/t12-,16-,19?,21?,22?,29-/m1/s1. The zero-order valence-corrected chi connectivity index (χ0v) is 23.8. The number of nitrogens with zero attached hydrogens (tertiary/aromatic N) is 3. The Balaban J connectivity index is 1.66. The third-order valence-electron chi connectivity index (χ3n) is 8.70. The van der Waals surface area contributed by atoms with Gasteiger partial charge in [0.1, 0.15) is 30.6 Å². The number of rotatable bonds is 6. The molecule has 13 heteroatoms. The average Bonchev–Trinajstić information content (AvgIpc) is 3.37. The van der Waals surface area contributed by atoms with Gasteiger partial charge in [-0.15, -0.1) is 0 Å². The molecule has 6 atom stereocenters. The Hall–Kier alpha value is -4.36. The van der Waals surface area contributed by atoms with Crippen molar-refractivity contribution < 1.29 is 43.4 Å². The number of primary amides is 1. The van der Waals surface area contributed by atoms with Crippen molar-refractivity contribution in [2.75, 3.05) is 40.2 Å². The molecule has 5 rings (SSSR count). The molecule has 1 amide bonds. The van der Waals surface area contributed by atoms with Crippen LogP contribution in [0.15, 0.2) is 27.8 Å². The van der Waals surface area contributed by atoms with Crippen molar-refractivity contribution in [1.29, 1.82) is 0 Å². The van der Waals surface area contributed by atoms with Gasteiger partial charge in [-0.3, -0.25) is 28.9 Å². The van der Waals surface area contributed by atoms with Crippen LogP contribution < -0.4 is 10.6 Å². The van der Waals surface area contributed by atoms with E-state index in [2.05, 4.69) is 9.99 Å². The van der Waals surface area contributed by atoms with Crippen molar-refractivity contribution in [2.45, 2.75) is 24.5 Å². The van der Waals surface area contributed by atoms with E-state index >= 15 is 0 Å². The smallest absolute Gasteiger partial charge is 0.235 e. The summed E-state index contributed by atoms with van der Waals surface area (Å²) in [4.78, 5) is 75.0. The number of amides is 1. The van der Waals surface area contributed by atoms with E-state index in [9.17, 15) is 34.2 Å². The van der Waals surface area contributed by atoms with E-state index in [-0.39, 0.29) is 29.7 Å². The Bertz CT molecular complexity index is 1560. The largest absolute Gasteiger partial charge is 0.506 e. The van der Waals surface area contributed by atoms with Gasteiger partial charge in [0.15, 0.2) is 34.7 Å². The number of aliphatic hydroxyl groups is 1. The number of oxime groups is 1. The summed E-state index contributed by atoms with van der Waals surface area (Å²) in [6, 6.07) is 3.68. The SMILES string of the molecule is CO/N=C\c1ccc(-c2cc(N(C)C)c3c(c2O)C(=O)C2C(=O)[C@@]4(O)C(=O)C(C(N)=O)C(=O)C(N(C)C)[C@H]4C[C@H]2C3)o1. The number of ketones is 4. The van der Waals surface area contributed by atoms with Crippen LogP contribution in [-0.4, -0.2) is 97.3 Å². The number of Topliss-reactive ketones (excluding diaryl/α,β-unsaturated/α-hetero) is 4. The number of phenolic OH excluding ortho intramolecular Hbond substituents is 1. The Morgan fingerprint density at radius 3 is 2.45 bits per heavy atom. The number of phenols is 1. The van der Waals surface area contributed by atoms with Crippen molar-refractivity contribution in [3.8, 4) is 17.1 Å². The number of benzene rings is 1. The second-order valence-electron chi connectivity index (χ2n) is 11.4. The molecule has 3 aliphatic rings. The van der Waals surface area contributed by atoms with Crippen LogP contribution in [0.1, 0.15) is 28.1 Å². The summed E-state index contributed by atoms with van der Waals surface area (Å²) < 4.78 is 5.77. The summed E-state index contributed by atoms with van der Waals surface area (Å²) in [5, 5.41) is 26.8. The number of hydrogen-bond acceptors (Lipinski definition) is 12. The van der Waals surface area contributed by atoms with Gasteiger partial charge in [-0.1, -0.05) is 5.16 Å². The third kappa shape index (κ3) is 4.06. The molecular weight excluding hydrogens is 548 g/mol. The highest BCUT2D eigenvalue weighted by atomic mass is 16.6. The molecule has 3 unspecified atom stereocenters. The van der Waals surface area contributed by atoms with Crippen LogP contribution in [0.2, 0.25) is 0 Å². The summed E-state index contributed by atoms with van der Waals surface area (Å²) in [5.74, 6) is -10.5. The number of carbonyl (C=O) groups excluding carboxylic acids is 5. The van der Waals surface area contributed by atoms with E-state index in [0.717, 1.165) is 0 Å². The predicted octanol–water partition coefficient (Wildman–Crippen LogP) is 0.173. The summed E-state index contributed by atoms with van der Waals surface area (Å²) in [7, 11) is 7.98. The number of fused-ring (bicyclic) bond motifs is 3. The fourth-order valence-electron chi connectivity index (χ4n) is 6.91. The molecular formula is C29H32N4O9. The maximum absolute atomic E-state index is 14.1. The van der Waals surface area contributed by atoms with Crippen LogP contribution in [0, 0.1) is 23.7 Å². The van der Waals surface area contributed by atoms with E-state index in [1.54, 1.807) is 51.3 Å². The quantitative estimate of drug-likeness (QED) is 0.240. The highest BCUT2D eigenvalue weighted by Gasteiger charge is 2.69. The van der Waals surface area contributed by atoms with Gasteiger partial charge in [-0.25, -0.2) is 0 Å². The maximum Gasteiger partial charge on any atom is 0.235 e. The fourth-order valence-corrected chi connectivity index (χ4v) is 6.91. The van der Waals surface area contributed by atoms with Crippen LogP contribution in [0.5, 0.6) is 5.75 Å². The number of furan rings is 1. The highest BCUT2D eigenvalue weighted by molar-refractivity contribution is 6.32. The summed E-state index contributed by atoms with van der Waals surface area (Å²) >= 11 is 0. The number of carbonyl (C=O) groups is 5. The molecule has 2 fully saturated rings. The first-order chi connectivity index (χ1) is 19.7. The summed E-state index contributed by atoms with van der Waals surface area (Å²) in [6.07, 6.45) is 1.45. The molecule has 3 aliphatic carbocycles. The molecule has 0 bridgehead atoms. The Morgan fingerprint density at radius 2 is 1.86 bits per heavy atom. The summed E-state index contributed by atoms with van der Waals surface area (Å²) in [6.45, 7) is 0. The zero-order chi connectivity index (χ0) is 30.8. The maximum atomic E-state index is 14.1. The molecule has 42 heavy (non-hydrogen) atoms. The molecule has 2 saturated carbocycles. The van der Waals surface area contributed by atoms with Crippen LogP contribution in [0.3, 0.4) is 0 Å². The van der Waals surface area contributed by atoms with E-state index in [1.165, 1.54) is 18.2 Å². The number of hydrogen-bond donors (Lipinski definition) is 3. The molecule has 2 aromatic rings. The van der Waals surface area contributed by atoms with Gasteiger partial charge >= 0.3 is 0 Å². The van der Waals surface area contributed by atoms with Crippen LogP contribution in [-0.2, 0) is 30.4 Å². The van der Waals surface area contributed by atoms with E-state index < -0.39 is 70.1 Å². The van der Waals surface area contributed by atoms with Crippen molar-refractivity contribution >= 4 is 40.9 Å². The Kier molecular flexibility index (Phi) is 7.06. The molecule has 0 radical (unpaired) electrons. The highest BCUT2D eigenvalue weighted by Crippen LogP contribution is 2.53. The lowest BCUT2D eigenvalue weighted by Crippen LogP contribution is -2.74. The number of aromatic hydroxyl groups is 1. The molecule has 4 N–H and O–H groups in total. The predicted molar refractivity (Wildman–Crippen MR) is 148 cm³/mol. The minimum Gasteiger partial charge on any atom is -0.506 e. The van der Waals surface area contributed by atoms with Crippen molar-refractivity contribution in [3.63, 3.8) is 0 Å². The molecule has 0 aliphatic heterocycles. The zero-order valence-electron chi connectivity index (χ0n) is 23.8. The fraction of sp³-hybridized carbons (Fsp3) is 0.448. The van der Waals surface area contributed by atoms with Crippen molar-refractivity contribution in [2.24, 2.45) is 34.6 Å². The molecule has 0 saturated heterocycles. The Labute approximate surface area is 240 Å². The Morgan fingerprint density at radius 1 is 1.17 bits per heavy atom. The first-order valence-electron chi connectivity index (χ1n) is 13.3. The topological polar surface area (TPSA) is 193 Å². The van der Waals surface area contributed by atoms with Gasteiger partial charge < -0.3 is 30.1 Å². The van der Waals surface area contributed by atoms with E-state index in [4.69, 9.17) is 10.2 Å². The second kappa shape index (κ2) is 10.2. The molecule has 0 spiro atoms. The van der Waals surface area contributed by atoms with Crippen LogP contribution in [0.25, 0.3) is 11.3 Å². The number of nitrogens with two attached hydrogens (primary N) is 1. The normalized spacial score (nSPS) is 29.0. The first kappa shape index (κ1) is 29.1. The van der Waals surface area contributed by atoms with Gasteiger partial charge in [-0.05, 0) is 56.6 Å². The molecule has 1 aromatic carbocycles. The van der Waals surface area contributed by atoms with Gasteiger partial charge in [0.25, 0.3) is 0 Å². The second-order valence-corrected chi connectivity index (χ2v) is 11.4. The lowest BCUT2D eigenvalue weighted by atomic mass is 9.52. The van der Waals surface area contributed by atoms with E-state index in [1.807, 2.05) is 0 Å². The minimum atomic E-state index is -2.79. The number of anilines is 1. The minimum absolute atomic E-state index is 0.0281. The van der Waals surface area contributed by atoms with Gasteiger partial charge in [0.05, 0.1) is 23.1 Å². The lowest BCUT2D eigenvalue weighted by molar-refractivity contribution is -0.181. The van der Waals surface area contributed by atoms with Gasteiger partial charge in [0.2, 0.25) is 5.91 Å². The average molecular weight is 581 g/mol. The molecule has 222 valence electrons. The lowest BCUT2D eigenvalue weighted by Gasteiger charge is -2.52. The summed E-state index contributed by atoms with van der Waals surface area (Å²) in [5.41, 5.74) is 3.73. The first-order valence-corrected chi connectivity index (χ1v) is 13.3. The van der Waals surface area contributed by atoms with E-state index in [0.29, 0.717) is 17.0 Å². The number of likely N-dealkylation sites (N-methyl/N-ethyl adjacent to an activating group) is 1. The van der Waals surface area contributed by atoms with Gasteiger partial charge in [0, 0.05) is 25.7 Å². The molecule has 1 heterocycles. The van der Waals surface area contributed by atoms with Crippen LogP contribution in [0.4, 0.5) is 5.69 Å². The van der Waals surface area contributed by atoms with Crippen molar-refractivity contribution in [3.05, 3.63) is 35.1 Å². The monoisotopic (exact) mass is 580 g/mol. The third-order valence-corrected chi connectivity index (χ3v) is 8.70. The van der Waals surface area contributed by atoms with Crippen LogP contribution >= 0.6 is 0 Å².